The fourth-order valence-corrected chi connectivity index (χ4v) is 2.58. The first kappa shape index (κ1) is 17.0. The zero-order chi connectivity index (χ0) is 18.0. The molecule has 3 aromatic rings. The second kappa shape index (κ2) is 6.93. The average Bonchev–Trinajstić information content (AvgIpc) is 2.60. The molecule has 0 spiro atoms. The van der Waals surface area contributed by atoms with Crippen molar-refractivity contribution in [3.8, 4) is 11.5 Å². The summed E-state index contributed by atoms with van der Waals surface area (Å²) in [6.07, 6.45) is 1.69. The van der Waals surface area contributed by atoms with Gasteiger partial charge in [0.25, 0.3) is 0 Å². The molecule has 25 heavy (non-hydrogen) atoms. The van der Waals surface area contributed by atoms with E-state index < -0.39 is 11.6 Å². The Bertz CT molecular complexity index is 897. The number of hydrogen-bond donors (Lipinski definition) is 0. The Hall–Kier alpha value is -2.89. The second-order valence-corrected chi connectivity index (χ2v) is 5.89. The van der Waals surface area contributed by atoms with Crippen molar-refractivity contribution in [1.82, 2.24) is 15.0 Å². The summed E-state index contributed by atoms with van der Waals surface area (Å²) in [4.78, 5) is 15.2. The van der Waals surface area contributed by atoms with Crippen molar-refractivity contribution in [2.75, 3.05) is 11.9 Å². The lowest BCUT2D eigenvalue weighted by molar-refractivity contribution is 0.570. The van der Waals surface area contributed by atoms with Gasteiger partial charge in [-0.3, -0.25) is 4.98 Å². The van der Waals surface area contributed by atoms with Gasteiger partial charge in [0.15, 0.2) is 5.82 Å². The van der Waals surface area contributed by atoms with Gasteiger partial charge < -0.3 is 4.90 Å². The van der Waals surface area contributed by atoms with Crippen molar-refractivity contribution in [3.63, 3.8) is 0 Å². The number of aromatic nitrogens is 3. The van der Waals surface area contributed by atoms with Crippen LogP contribution in [-0.4, -0.2) is 22.0 Å². The number of pyridine rings is 1. The van der Waals surface area contributed by atoms with Crippen LogP contribution in [0.3, 0.4) is 0 Å². The minimum absolute atomic E-state index is 0.269. The Morgan fingerprint density at radius 2 is 1.84 bits per heavy atom. The number of hydrogen-bond acceptors (Lipinski definition) is 4. The van der Waals surface area contributed by atoms with Gasteiger partial charge in [0.2, 0.25) is 0 Å². The Balaban J connectivity index is 1.96. The predicted molar refractivity (Wildman–Crippen MR) is 93.2 cm³/mol. The Kier molecular flexibility index (Phi) is 4.70. The maximum absolute atomic E-state index is 13.9. The number of nitrogens with zero attached hydrogens (tertiary/aromatic N) is 4. The molecule has 6 heteroatoms. The molecule has 2 aromatic heterocycles. The van der Waals surface area contributed by atoms with Gasteiger partial charge in [-0.2, -0.15) is 0 Å². The number of rotatable bonds is 4. The van der Waals surface area contributed by atoms with Crippen molar-refractivity contribution in [2.45, 2.75) is 20.4 Å². The summed E-state index contributed by atoms with van der Waals surface area (Å²) in [5.41, 5.74) is 2.81. The van der Waals surface area contributed by atoms with E-state index in [0.717, 1.165) is 17.3 Å². The second-order valence-electron chi connectivity index (χ2n) is 5.89. The molecule has 0 saturated heterocycles. The van der Waals surface area contributed by atoms with Crippen LogP contribution in [0.25, 0.3) is 11.5 Å². The molecular weight excluding hydrogens is 322 g/mol. The molecule has 0 amide bonds. The summed E-state index contributed by atoms with van der Waals surface area (Å²) < 4.78 is 27.0. The highest BCUT2D eigenvalue weighted by atomic mass is 19.1. The zero-order valence-electron chi connectivity index (χ0n) is 14.3. The van der Waals surface area contributed by atoms with Crippen LogP contribution in [-0.2, 0) is 6.54 Å². The SMILES string of the molecule is Cc1nc(-c2ccccn2)nc(N(C)Cc2ccc(F)cc2F)c1C. The molecular formula is C19H18F2N4. The minimum atomic E-state index is -0.588. The average molecular weight is 340 g/mol. The molecule has 0 aliphatic carbocycles. The van der Waals surface area contributed by atoms with E-state index >= 15 is 0 Å². The van der Waals surface area contributed by atoms with E-state index in [-0.39, 0.29) is 6.54 Å². The summed E-state index contributed by atoms with van der Waals surface area (Å²) in [6.45, 7) is 4.09. The van der Waals surface area contributed by atoms with E-state index in [4.69, 9.17) is 0 Å². The summed E-state index contributed by atoms with van der Waals surface area (Å²) in [7, 11) is 1.82. The molecule has 0 aliphatic rings. The summed E-state index contributed by atoms with van der Waals surface area (Å²) in [6, 6.07) is 9.13. The number of halogens is 2. The first-order valence-corrected chi connectivity index (χ1v) is 7.87. The topological polar surface area (TPSA) is 41.9 Å². The van der Waals surface area contributed by atoms with E-state index in [9.17, 15) is 8.78 Å². The third-order valence-electron chi connectivity index (χ3n) is 4.04. The third-order valence-corrected chi connectivity index (χ3v) is 4.04. The van der Waals surface area contributed by atoms with Crippen molar-refractivity contribution >= 4 is 5.82 Å². The molecule has 4 nitrogen and oxygen atoms in total. The van der Waals surface area contributed by atoms with Crippen LogP contribution in [0.5, 0.6) is 0 Å². The van der Waals surface area contributed by atoms with E-state index in [1.807, 2.05) is 44.0 Å². The van der Waals surface area contributed by atoms with Gasteiger partial charge in [-0.05, 0) is 32.0 Å². The van der Waals surface area contributed by atoms with Crippen LogP contribution in [0.15, 0.2) is 42.6 Å². The molecule has 0 bridgehead atoms. The number of aryl methyl sites for hydroxylation is 1. The largest absolute Gasteiger partial charge is 0.355 e. The van der Waals surface area contributed by atoms with Gasteiger partial charge >= 0.3 is 0 Å². The Morgan fingerprint density at radius 1 is 1.04 bits per heavy atom. The van der Waals surface area contributed by atoms with Gasteiger partial charge in [0.05, 0.1) is 0 Å². The lowest BCUT2D eigenvalue weighted by atomic mass is 10.1. The van der Waals surface area contributed by atoms with Crippen molar-refractivity contribution in [2.24, 2.45) is 0 Å². The van der Waals surface area contributed by atoms with Crippen LogP contribution >= 0.6 is 0 Å². The van der Waals surface area contributed by atoms with Gasteiger partial charge in [-0.25, -0.2) is 18.7 Å². The highest BCUT2D eigenvalue weighted by molar-refractivity contribution is 5.57. The van der Waals surface area contributed by atoms with E-state index in [0.29, 0.717) is 22.9 Å². The normalized spacial score (nSPS) is 10.8. The molecule has 0 atom stereocenters. The number of benzene rings is 1. The maximum Gasteiger partial charge on any atom is 0.180 e. The van der Waals surface area contributed by atoms with Gasteiger partial charge in [-0.15, -0.1) is 0 Å². The highest BCUT2D eigenvalue weighted by Gasteiger charge is 2.15. The molecule has 0 unspecified atom stereocenters. The highest BCUT2D eigenvalue weighted by Crippen LogP contribution is 2.24. The molecule has 0 N–H and O–H groups in total. The lowest BCUT2D eigenvalue weighted by Crippen LogP contribution is -2.21. The first-order chi connectivity index (χ1) is 12.0. The van der Waals surface area contributed by atoms with Crippen LogP contribution in [0, 0.1) is 25.5 Å². The molecule has 0 radical (unpaired) electrons. The van der Waals surface area contributed by atoms with Gasteiger partial charge in [0, 0.05) is 42.7 Å². The van der Waals surface area contributed by atoms with Crippen LogP contribution in [0.4, 0.5) is 14.6 Å². The smallest absolute Gasteiger partial charge is 0.180 e. The molecule has 2 heterocycles. The molecule has 1 aromatic carbocycles. The predicted octanol–water partition coefficient (Wildman–Crippen LogP) is 4.07. The monoisotopic (exact) mass is 340 g/mol. The molecule has 0 aliphatic heterocycles. The lowest BCUT2D eigenvalue weighted by Gasteiger charge is -2.22. The molecule has 0 saturated carbocycles. The van der Waals surface area contributed by atoms with Crippen LogP contribution in [0.1, 0.15) is 16.8 Å². The van der Waals surface area contributed by atoms with Crippen molar-refractivity contribution in [1.29, 1.82) is 0 Å². The molecule has 3 rings (SSSR count). The summed E-state index contributed by atoms with van der Waals surface area (Å²) in [5.74, 6) is 0.0534. The van der Waals surface area contributed by atoms with E-state index in [1.165, 1.54) is 12.1 Å². The van der Waals surface area contributed by atoms with E-state index in [1.54, 1.807) is 6.20 Å². The van der Waals surface area contributed by atoms with E-state index in [2.05, 4.69) is 15.0 Å². The van der Waals surface area contributed by atoms with Gasteiger partial charge in [-0.1, -0.05) is 12.1 Å². The van der Waals surface area contributed by atoms with Gasteiger partial charge in [0.1, 0.15) is 23.1 Å². The fourth-order valence-electron chi connectivity index (χ4n) is 2.58. The first-order valence-electron chi connectivity index (χ1n) is 7.87. The Labute approximate surface area is 145 Å². The standard InChI is InChI=1S/C19H18F2N4/c1-12-13(2)23-18(17-6-4-5-9-22-17)24-19(12)25(3)11-14-7-8-15(20)10-16(14)21/h4-10H,11H2,1-3H3. The third kappa shape index (κ3) is 3.63. The van der Waals surface area contributed by atoms with Crippen molar-refractivity contribution in [3.05, 3.63) is 71.1 Å². The maximum atomic E-state index is 13.9. The minimum Gasteiger partial charge on any atom is -0.355 e. The Morgan fingerprint density at radius 3 is 2.52 bits per heavy atom. The zero-order valence-corrected chi connectivity index (χ0v) is 14.3. The fraction of sp³-hybridized carbons (Fsp3) is 0.211. The quantitative estimate of drug-likeness (QED) is 0.718. The van der Waals surface area contributed by atoms with Crippen LogP contribution in [0.2, 0.25) is 0 Å². The van der Waals surface area contributed by atoms with Crippen LogP contribution < -0.4 is 4.90 Å². The summed E-state index contributed by atoms with van der Waals surface area (Å²) in [5, 5.41) is 0. The number of anilines is 1. The van der Waals surface area contributed by atoms with Crippen molar-refractivity contribution < 1.29 is 8.78 Å². The summed E-state index contributed by atoms with van der Waals surface area (Å²) >= 11 is 0. The molecule has 128 valence electrons. The molecule has 0 fully saturated rings.